The molecule has 0 aliphatic heterocycles. The summed E-state index contributed by atoms with van der Waals surface area (Å²) in [5, 5.41) is 0. The molecule has 0 fully saturated rings. The Kier molecular flexibility index (Phi) is 6.16. The van der Waals surface area contributed by atoms with Gasteiger partial charge in [0, 0.05) is 6.21 Å². The number of allylic oxidation sites excluding steroid dienone is 4. The van der Waals surface area contributed by atoms with Gasteiger partial charge in [0.15, 0.2) is 0 Å². The summed E-state index contributed by atoms with van der Waals surface area (Å²) in [6.45, 7) is 5.62. The molecule has 0 aliphatic carbocycles. The van der Waals surface area contributed by atoms with Gasteiger partial charge in [0.25, 0.3) is 0 Å². The molecule has 3 heteroatoms. The van der Waals surface area contributed by atoms with Gasteiger partial charge in [-0.3, -0.25) is 4.99 Å². The summed E-state index contributed by atoms with van der Waals surface area (Å²) >= 11 is 0. The molecule has 0 aliphatic rings. The van der Waals surface area contributed by atoms with E-state index in [0.29, 0.717) is 0 Å². The van der Waals surface area contributed by atoms with Gasteiger partial charge >= 0.3 is 0 Å². The van der Waals surface area contributed by atoms with Crippen molar-refractivity contribution >= 4 is 11.9 Å². The highest BCUT2D eigenvalue weighted by Gasteiger charge is 1.91. The summed E-state index contributed by atoms with van der Waals surface area (Å²) in [5.41, 5.74) is 1.90. The molecule has 1 aromatic rings. The maximum Gasteiger partial charge on any atom is 0.119 e. The fourth-order valence-corrected chi connectivity index (χ4v) is 1.32. The van der Waals surface area contributed by atoms with Gasteiger partial charge in [-0.25, -0.2) is 0 Å². The van der Waals surface area contributed by atoms with Crippen molar-refractivity contribution in [2.45, 2.75) is 6.92 Å². The van der Waals surface area contributed by atoms with Gasteiger partial charge in [-0.2, -0.15) is 0 Å². The Morgan fingerprint density at radius 2 is 1.84 bits per heavy atom. The SMILES string of the molecule is C=C/C(=C\C=C(/C)C=Nc1ccc(OC)cc1)OC. The first kappa shape index (κ1) is 14.8. The number of methoxy groups -OCH3 is 2. The first-order valence-electron chi connectivity index (χ1n) is 5.92. The zero-order valence-electron chi connectivity index (χ0n) is 11.6. The third kappa shape index (κ3) is 5.25. The van der Waals surface area contributed by atoms with E-state index in [4.69, 9.17) is 9.47 Å². The third-order valence-corrected chi connectivity index (χ3v) is 2.44. The minimum absolute atomic E-state index is 0.720. The van der Waals surface area contributed by atoms with Crippen molar-refractivity contribution in [2.24, 2.45) is 4.99 Å². The lowest BCUT2D eigenvalue weighted by atomic mass is 10.2. The molecular weight excluding hydrogens is 238 g/mol. The van der Waals surface area contributed by atoms with Crippen LogP contribution in [0.4, 0.5) is 5.69 Å². The topological polar surface area (TPSA) is 30.8 Å². The highest BCUT2D eigenvalue weighted by Crippen LogP contribution is 2.17. The van der Waals surface area contributed by atoms with E-state index in [-0.39, 0.29) is 0 Å². The number of aliphatic imine (C=N–C) groups is 1. The lowest BCUT2D eigenvalue weighted by Gasteiger charge is -1.99. The molecule has 3 nitrogen and oxygen atoms in total. The Morgan fingerprint density at radius 1 is 1.16 bits per heavy atom. The molecule has 0 unspecified atom stereocenters. The van der Waals surface area contributed by atoms with Gasteiger partial charge in [-0.05, 0) is 48.9 Å². The van der Waals surface area contributed by atoms with Gasteiger partial charge in [0.1, 0.15) is 11.5 Å². The van der Waals surface area contributed by atoms with E-state index in [9.17, 15) is 0 Å². The molecule has 0 saturated heterocycles. The van der Waals surface area contributed by atoms with Crippen LogP contribution in [0.15, 0.2) is 65.4 Å². The van der Waals surface area contributed by atoms with Gasteiger partial charge in [0.2, 0.25) is 0 Å². The Hall–Kier alpha value is -2.29. The third-order valence-electron chi connectivity index (χ3n) is 2.44. The van der Waals surface area contributed by atoms with Crippen molar-refractivity contribution in [1.29, 1.82) is 0 Å². The molecule has 0 aromatic heterocycles. The Bertz CT molecular complexity index is 496. The van der Waals surface area contributed by atoms with Crippen molar-refractivity contribution in [3.8, 4) is 5.75 Å². The normalized spacial score (nSPS) is 12.6. The quantitative estimate of drug-likeness (QED) is 0.437. The number of hydrogen-bond acceptors (Lipinski definition) is 3. The number of hydrogen-bond donors (Lipinski definition) is 0. The second kappa shape index (κ2) is 7.93. The Labute approximate surface area is 114 Å². The van der Waals surface area contributed by atoms with Crippen LogP contribution in [-0.2, 0) is 4.74 Å². The van der Waals surface area contributed by atoms with E-state index in [2.05, 4.69) is 11.6 Å². The molecule has 0 heterocycles. The van der Waals surface area contributed by atoms with Crippen molar-refractivity contribution in [3.63, 3.8) is 0 Å². The van der Waals surface area contributed by atoms with E-state index in [1.165, 1.54) is 0 Å². The minimum Gasteiger partial charge on any atom is -0.497 e. The molecule has 100 valence electrons. The average molecular weight is 257 g/mol. The number of ether oxygens (including phenoxy) is 2. The van der Waals surface area contributed by atoms with E-state index < -0.39 is 0 Å². The zero-order chi connectivity index (χ0) is 14.1. The van der Waals surface area contributed by atoms with Gasteiger partial charge in [-0.1, -0.05) is 12.7 Å². The van der Waals surface area contributed by atoms with Crippen LogP contribution in [-0.4, -0.2) is 20.4 Å². The predicted molar refractivity (Wildman–Crippen MR) is 80.2 cm³/mol. The molecule has 1 rings (SSSR count). The van der Waals surface area contributed by atoms with Gasteiger partial charge in [0.05, 0.1) is 19.9 Å². The Morgan fingerprint density at radius 3 is 2.37 bits per heavy atom. The maximum atomic E-state index is 5.09. The smallest absolute Gasteiger partial charge is 0.119 e. The van der Waals surface area contributed by atoms with E-state index >= 15 is 0 Å². The standard InChI is InChI=1S/C16H19NO2/c1-5-15(18-3)9-6-13(2)12-17-14-7-10-16(19-4)11-8-14/h5-12H,1H2,2-4H3/b13-6+,15-9+,17-12?. The molecule has 0 atom stereocenters. The van der Waals surface area contributed by atoms with E-state index in [1.54, 1.807) is 26.5 Å². The fourth-order valence-electron chi connectivity index (χ4n) is 1.32. The summed E-state index contributed by atoms with van der Waals surface area (Å²) in [4.78, 5) is 4.37. The number of rotatable bonds is 6. The molecule has 19 heavy (non-hydrogen) atoms. The lowest BCUT2D eigenvalue weighted by molar-refractivity contribution is 0.307. The molecule has 0 radical (unpaired) electrons. The molecule has 0 saturated carbocycles. The summed E-state index contributed by atoms with van der Waals surface area (Å²) in [5.74, 6) is 1.54. The molecular formula is C16H19NO2. The molecule has 0 bridgehead atoms. The highest BCUT2D eigenvalue weighted by molar-refractivity contribution is 5.80. The highest BCUT2D eigenvalue weighted by atomic mass is 16.5. The fraction of sp³-hybridized carbons (Fsp3) is 0.188. The van der Waals surface area contributed by atoms with Crippen molar-refractivity contribution in [3.05, 3.63) is 60.4 Å². The first-order chi connectivity index (χ1) is 9.19. The van der Waals surface area contributed by atoms with Gasteiger partial charge < -0.3 is 9.47 Å². The molecule has 0 spiro atoms. The van der Waals surface area contributed by atoms with E-state index in [1.807, 2.05) is 43.3 Å². The van der Waals surface area contributed by atoms with Crippen LogP contribution >= 0.6 is 0 Å². The van der Waals surface area contributed by atoms with Crippen molar-refractivity contribution in [2.75, 3.05) is 14.2 Å². The number of benzene rings is 1. The van der Waals surface area contributed by atoms with Crippen LogP contribution < -0.4 is 4.74 Å². The van der Waals surface area contributed by atoms with Crippen LogP contribution in [0.1, 0.15) is 6.92 Å². The van der Waals surface area contributed by atoms with Crippen LogP contribution in [0.2, 0.25) is 0 Å². The second-order valence-electron chi connectivity index (χ2n) is 3.84. The van der Waals surface area contributed by atoms with Crippen LogP contribution in [0, 0.1) is 0 Å². The zero-order valence-corrected chi connectivity index (χ0v) is 11.6. The minimum atomic E-state index is 0.720. The van der Waals surface area contributed by atoms with Crippen LogP contribution in [0.3, 0.4) is 0 Å². The molecule has 0 amide bonds. The predicted octanol–water partition coefficient (Wildman–Crippen LogP) is 4.06. The Balaban J connectivity index is 2.71. The molecule has 1 aromatic carbocycles. The first-order valence-corrected chi connectivity index (χ1v) is 5.92. The monoisotopic (exact) mass is 257 g/mol. The number of nitrogens with zero attached hydrogens (tertiary/aromatic N) is 1. The lowest BCUT2D eigenvalue weighted by Crippen LogP contribution is -1.82. The summed E-state index contributed by atoms with van der Waals surface area (Å²) in [7, 11) is 3.26. The largest absolute Gasteiger partial charge is 0.497 e. The maximum absolute atomic E-state index is 5.09. The summed E-state index contributed by atoms with van der Waals surface area (Å²) in [6.07, 6.45) is 7.23. The van der Waals surface area contributed by atoms with Crippen molar-refractivity contribution in [1.82, 2.24) is 0 Å². The second-order valence-corrected chi connectivity index (χ2v) is 3.84. The molecule has 0 N–H and O–H groups in total. The van der Waals surface area contributed by atoms with Crippen LogP contribution in [0.5, 0.6) is 5.75 Å². The summed E-state index contributed by atoms with van der Waals surface area (Å²) < 4.78 is 10.2. The van der Waals surface area contributed by atoms with Gasteiger partial charge in [-0.15, -0.1) is 0 Å². The van der Waals surface area contributed by atoms with Crippen LogP contribution in [0.25, 0.3) is 0 Å². The van der Waals surface area contributed by atoms with E-state index in [0.717, 1.165) is 22.8 Å². The average Bonchev–Trinajstić information content (AvgIpc) is 2.46. The summed E-state index contributed by atoms with van der Waals surface area (Å²) in [6, 6.07) is 7.57. The van der Waals surface area contributed by atoms with Crippen molar-refractivity contribution < 1.29 is 9.47 Å².